The van der Waals surface area contributed by atoms with Crippen molar-refractivity contribution in [3.63, 3.8) is 0 Å². The van der Waals surface area contributed by atoms with Crippen molar-refractivity contribution in [2.45, 2.75) is 51.9 Å². The summed E-state index contributed by atoms with van der Waals surface area (Å²) in [5.74, 6) is 0.138. The predicted molar refractivity (Wildman–Crippen MR) is 104 cm³/mol. The van der Waals surface area contributed by atoms with E-state index in [9.17, 15) is 4.79 Å². The van der Waals surface area contributed by atoms with Crippen LogP contribution >= 0.6 is 22.6 Å². The number of carbonyl (C=O) groups excluding carboxylic acids is 1. The fourth-order valence-electron chi connectivity index (χ4n) is 3.65. The summed E-state index contributed by atoms with van der Waals surface area (Å²) in [6, 6.07) is 8.24. The van der Waals surface area contributed by atoms with E-state index in [-0.39, 0.29) is 11.9 Å². The van der Waals surface area contributed by atoms with E-state index >= 15 is 0 Å². The van der Waals surface area contributed by atoms with Gasteiger partial charge in [0.2, 0.25) is 0 Å². The zero-order chi connectivity index (χ0) is 17.5. The highest BCUT2D eigenvalue weighted by Gasteiger charge is 2.75. The van der Waals surface area contributed by atoms with Crippen LogP contribution < -0.4 is 0 Å². The molecule has 1 aromatic carbocycles. The minimum atomic E-state index is -1.78. The first kappa shape index (κ1) is 18.9. The van der Waals surface area contributed by atoms with Crippen LogP contribution in [0.15, 0.2) is 24.3 Å². The first-order chi connectivity index (χ1) is 10.6. The Labute approximate surface area is 154 Å². The van der Waals surface area contributed by atoms with Crippen LogP contribution in [0.25, 0.3) is 0 Å². The highest BCUT2D eigenvalue weighted by atomic mass is 127. The zero-order valence-electron chi connectivity index (χ0n) is 14.9. The molecule has 3 nitrogen and oxygen atoms in total. The van der Waals surface area contributed by atoms with Gasteiger partial charge in [0.25, 0.3) is 0 Å². The van der Waals surface area contributed by atoms with Gasteiger partial charge in [0.05, 0.1) is 12.7 Å². The van der Waals surface area contributed by atoms with Crippen LogP contribution in [0, 0.1) is 14.9 Å². The third-order valence-corrected chi connectivity index (χ3v) is 6.73. The number of methoxy groups -OCH3 is 1. The molecule has 1 saturated carbocycles. The first-order valence-corrected chi connectivity index (χ1v) is 12.6. The van der Waals surface area contributed by atoms with Crippen molar-refractivity contribution in [2.75, 3.05) is 7.11 Å². The van der Waals surface area contributed by atoms with Gasteiger partial charge >= 0.3 is 5.97 Å². The van der Waals surface area contributed by atoms with Crippen molar-refractivity contribution in [3.8, 4) is 0 Å². The molecule has 0 aliphatic heterocycles. The van der Waals surface area contributed by atoms with E-state index in [4.69, 9.17) is 9.16 Å². The van der Waals surface area contributed by atoms with Gasteiger partial charge in [-0.3, -0.25) is 4.79 Å². The molecule has 1 aliphatic carbocycles. The van der Waals surface area contributed by atoms with Crippen molar-refractivity contribution in [2.24, 2.45) is 11.3 Å². The molecule has 0 unspecified atom stereocenters. The molecule has 1 aromatic rings. The number of hydrogen-bond donors (Lipinski definition) is 0. The second kappa shape index (κ2) is 6.48. The van der Waals surface area contributed by atoms with E-state index in [0.29, 0.717) is 6.42 Å². The summed E-state index contributed by atoms with van der Waals surface area (Å²) in [6.07, 6.45) is 1.43. The molecule has 0 radical (unpaired) electrons. The van der Waals surface area contributed by atoms with Crippen LogP contribution in [0.4, 0.5) is 0 Å². The second-order valence-corrected chi connectivity index (χ2v) is 13.4. The Balaban J connectivity index is 2.43. The maximum Gasteiger partial charge on any atom is 0.315 e. The third kappa shape index (κ3) is 3.51. The van der Waals surface area contributed by atoms with E-state index in [1.54, 1.807) is 0 Å². The van der Waals surface area contributed by atoms with Crippen LogP contribution in [-0.4, -0.2) is 27.0 Å². The number of ether oxygens (including phenoxy) is 1. The largest absolute Gasteiger partial charge is 0.468 e. The molecule has 0 heterocycles. The fraction of sp³-hybridized carbons (Fsp3) is 0.611. The lowest BCUT2D eigenvalue weighted by Gasteiger charge is -2.34. The van der Waals surface area contributed by atoms with E-state index in [0.717, 1.165) is 6.42 Å². The molecule has 5 heteroatoms. The lowest BCUT2D eigenvalue weighted by atomic mass is 9.87. The van der Waals surface area contributed by atoms with Gasteiger partial charge in [-0.25, -0.2) is 0 Å². The summed E-state index contributed by atoms with van der Waals surface area (Å²) in [5.41, 5.74) is 0.237. The second-order valence-electron chi connectivity index (χ2n) is 7.78. The molecule has 1 fully saturated rings. The lowest BCUT2D eigenvalue weighted by Crippen LogP contribution is -2.44. The van der Waals surface area contributed by atoms with Gasteiger partial charge in [-0.2, -0.15) is 0 Å². The number of benzene rings is 1. The zero-order valence-corrected chi connectivity index (χ0v) is 18.1. The molecule has 0 bridgehead atoms. The standard InChI is InChI=1S/C18H27IO3Si/c1-13(2)18(22-23(4,5)6)12-17(18,16(20)21-3)11-14-9-7-8-10-15(14)19/h7-10,13H,11-12H2,1-6H3/t17-,18+/m0/s1. The fourth-order valence-corrected chi connectivity index (χ4v) is 5.82. The Hall–Kier alpha value is -0.403. The van der Waals surface area contributed by atoms with Gasteiger partial charge in [0.15, 0.2) is 8.32 Å². The maximum atomic E-state index is 12.7. The van der Waals surface area contributed by atoms with Crippen LogP contribution in [0.3, 0.4) is 0 Å². The molecule has 128 valence electrons. The minimum absolute atomic E-state index is 0.135. The summed E-state index contributed by atoms with van der Waals surface area (Å²) in [7, 11) is -0.297. The van der Waals surface area contributed by atoms with Crippen molar-refractivity contribution >= 4 is 36.9 Å². The van der Waals surface area contributed by atoms with E-state index in [1.165, 1.54) is 16.2 Å². The third-order valence-electron chi connectivity index (χ3n) is 4.70. The summed E-state index contributed by atoms with van der Waals surface area (Å²) >= 11 is 2.34. The van der Waals surface area contributed by atoms with E-state index in [2.05, 4.69) is 68.2 Å². The van der Waals surface area contributed by atoms with Crippen molar-refractivity contribution < 1.29 is 14.0 Å². The SMILES string of the molecule is COC(=O)[C@]1(Cc2ccccc2I)C[C@@]1(O[Si](C)(C)C)C(C)C. The average molecular weight is 446 g/mol. The number of rotatable bonds is 6. The van der Waals surface area contributed by atoms with Gasteiger partial charge in [-0.1, -0.05) is 32.0 Å². The van der Waals surface area contributed by atoms with Crippen LogP contribution in [0.2, 0.25) is 19.6 Å². The number of esters is 1. The summed E-state index contributed by atoms with van der Waals surface area (Å²) in [4.78, 5) is 12.7. The highest BCUT2D eigenvalue weighted by molar-refractivity contribution is 14.1. The Bertz CT molecular complexity index is 596. The Morgan fingerprint density at radius 1 is 1.30 bits per heavy atom. The van der Waals surface area contributed by atoms with Gasteiger partial charge < -0.3 is 9.16 Å². The molecule has 2 rings (SSSR count). The molecular formula is C18H27IO3Si. The average Bonchev–Trinajstić information content (AvgIpc) is 3.08. The lowest BCUT2D eigenvalue weighted by molar-refractivity contribution is -0.150. The predicted octanol–water partition coefficient (Wildman–Crippen LogP) is 4.64. The number of hydrogen-bond acceptors (Lipinski definition) is 3. The van der Waals surface area contributed by atoms with E-state index in [1.807, 2.05) is 12.1 Å². The molecule has 0 spiro atoms. The van der Waals surface area contributed by atoms with E-state index < -0.39 is 19.3 Å². The molecule has 1 aliphatic rings. The maximum absolute atomic E-state index is 12.7. The summed E-state index contributed by atoms with van der Waals surface area (Å²) < 4.78 is 13.0. The van der Waals surface area contributed by atoms with Crippen LogP contribution in [-0.2, 0) is 20.4 Å². The Morgan fingerprint density at radius 3 is 2.39 bits per heavy atom. The van der Waals surface area contributed by atoms with Gasteiger partial charge in [0, 0.05) is 3.57 Å². The molecule has 0 N–H and O–H groups in total. The molecule has 23 heavy (non-hydrogen) atoms. The highest BCUT2D eigenvalue weighted by Crippen LogP contribution is 2.66. The Kier molecular flexibility index (Phi) is 5.33. The topological polar surface area (TPSA) is 35.5 Å². The van der Waals surface area contributed by atoms with Crippen molar-refractivity contribution in [1.29, 1.82) is 0 Å². The molecular weight excluding hydrogens is 419 g/mol. The number of carbonyl (C=O) groups is 1. The van der Waals surface area contributed by atoms with Crippen molar-refractivity contribution in [1.82, 2.24) is 0 Å². The number of halogens is 1. The minimum Gasteiger partial charge on any atom is -0.468 e. The molecule has 0 saturated heterocycles. The molecule has 2 atom stereocenters. The molecule has 0 amide bonds. The van der Waals surface area contributed by atoms with Gasteiger partial charge in [-0.05, 0) is 72.6 Å². The smallest absolute Gasteiger partial charge is 0.315 e. The van der Waals surface area contributed by atoms with Crippen LogP contribution in [0.1, 0.15) is 25.8 Å². The van der Waals surface area contributed by atoms with Crippen molar-refractivity contribution in [3.05, 3.63) is 33.4 Å². The van der Waals surface area contributed by atoms with Gasteiger partial charge in [-0.15, -0.1) is 0 Å². The monoisotopic (exact) mass is 446 g/mol. The summed E-state index contributed by atoms with van der Waals surface area (Å²) in [5, 5.41) is 0. The Morgan fingerprint density at radius 2 is 1.91 bits per heavy atom. The molecule has 0 aromatic heterocycles. The van der Waals surface area contributed by atoms with Crippen LogP contribution in [0.5, 0.6) is 0 Å². The summed E-state index contributed by atoms with van der Waals surface area (Å²) in [6.45, 7) is 10.9. The normalized spacial score (nSPS) is 27.1. The van der Waals surface area contributed by atoms with Gasteiger partial charge in [0.1, 0.15) is 5.41 Å². The quantitative estimate of drug-likeness (QED) is 0.363. The first-order valence-electron chi connectivity index (χ1n) is 8.10.